The number of benzene rings is 1. The van der Waals surface area contributed by atoms with E-state index >= 15 is 0 Å². The number of amides is 1. The molecule has 1 amide bonds. The molecule has 0 bridgehead atoms. The van der Waals surface area contributed by atoms with Gasteiger partial charge >= 0.3 is 0 Å². The van der Waals surface area contributed by atoms with Gasteiger partial charge in [0.05, 0.1) is 5.69 Å². The Morgan fingerprint density at radius 2 is 2.24 bits per heavy atom. The smallest absolute Gasteiger partial charge is 0.222 e. The van der Waals surface area contributed by atoms with Crippen LogP contribution in [0, 0.1) is 0 Å². The van der Waals surface area contributed by atoms with Crippen molar-refractivity contribution < 1.29 is 9.53 Å². The maximum atomic E-state index is 10.8. The zero-order valence-corrected chi connectivity index (χ0v) is 10.3. The fraction of sp³-hybridized carbons (Fsp3) is 0.167. The molecule has 90 valence electrons. The van der Waals surface area contributed by atoms with Crippen LogP contribution in [-0.4, -0.2) is 17.6 Å². The van der Waals surface area contributed by atoms with Gasteiger partial charge in [0.25, 0.3) is 0 Å². The first kappa shape index (κ1) is 13.2. The Bertz CT molecular complexity index is 432. The lowest BCUT2D eigenvalue weighted by Gasteiger charge is -2.12. The fourth-order valence-corrected chi connectivity index (χ4v) is 1.41. The van der Waals surface area contributed by atoms with Gasteiger partial charge in [-0.05, 0) is 24.4 Å². The first-order valence-electron chi connectivity index (χ1n) is 5.04. The molecule has 1 rings (SSSR count). The average molecular weight is 250 g/mol. The van der Waals surface area contributed by atoms with Gasteiger partial charge in [-0.15, -0.1) is 0 Å². The monoisotopic (exact) mass is 250 g/mol. The Labute approximate surface area is 106 Å². The maximum Gasteiger partial charge on any atom is 0.222 e. The highest BCUT2D eigenvalue weighted by molar-refractivity contribution is 7.80. The Morgan fingerprint density at radius 1 is 1.53 bits per heavy atom. The van der Waals surface area contributed by atoms with E-state index < -0.39 is 0 Å². The van der Waals surface area contributed by atoms with Gasteiger partial charge in [-0.1, -0.05) is 24.8 Å². The zero-order chi connectivity index (χ0) is 12.7. The fourth-order valence-electron chi connectivity index (χ4n) is 1.16. The van der Waals surface area contributed by atoms with Crippen LogP contribution in [0.1, 0.15) is 6.92 Å². The largest absolute Gasteiger partial charge is 0.487 e. The molecule has 4 nitrogen and oxygen atoms in total. The molecule has 0 fully saturated rings. The molecule has 0 aliphatic rings. The zero-order valence-electron chi connectivity index (χ0n) is 9.53. The maximum absolute atomic E-state index is 10.8. The number of anilines is 1. The van der Waals surface area contributed by atoms with Crippen molar-refractivity contribution in [2.24, 2.45) is 0 Å². The Balaban J connectivity index is 2.72. The molecule has 0 unspecified atom stereocenters. The molecule has 0 aliphatic carbocycles. The van der Waals surface area contributed by atoms with Gasteiger partial charge in [-0.3, -0.25) is 4.79 Å². The molecule has 0 saturated carbocycles. The van der Waals surface area contributed by atoms with Gasteiger partial charge in [-0.25, -0.2) is 0 Å². The van der Waals surface area contributed by atoms with Gasteiger partial charge in [0.1, 0.15) is 12.4 Å². The van der Waals surface area contributed by atoms with E-state index in [4.69, 9.17) is 17.0 Å². The van der Waals surface area contributed by atoms with Crippen molar-refractivity contribution >= 4 is 28.9 Å². The van der Waals surface area contributed by atoms with Gasteiger partial charge in [0, 0.05) is 6.92 Å². The second kappa shape index (κ2) is 6.65. The number of thiocarbonyl (C=S) groups is 1. The molecule has 5 heteroatoms. The summed E-state index contributed by atoms with van der Waals surface area (Å²) in [5, 5.41) is 5.61. The summed E-state index contributed by atoms with van der Waals surface area (Å²) in [5.74, 6) is 0.437. The van der Waals surface area contributed by atoms with E-state index in [0.717, 1.165) is 0 Å². The van der Waals surface area contributed by atoms with E-state index in [-0.39, 0.29) is 11.0 Å². The highest BCUT2D eigenvalue weighted by Crippen LogP contribution is 2.23. The summed E-state index contributed by atoms with van der Waals surface area (Å²) < 4.78 is 5.44. The summed E-state index contributed by atoms with van der Waals surface area (Å²) in [6, 6.07) is 7.32. The molecule has 0 heterocycles. The van der Waals surface area contributed by atoms with Crippen LogP contribution in [0.4, 0.5) is 5.69 Å². The predicted molar refractivity (Wildman–Crippen MR) is 72.2 cm³/mol. The lowest BCUT2D eigenvalue weighted by Crippen LogP contribution is -2.32. The highest BCUT2D eigenvalue weighted by atomic mass is 32.1. The van der Waals surface area contributed by atoms with Crippen LogP contribution in [0.5, 0.6) is 5.75 Å². The van der Waals surface area contributed by atoms with Crippen LogP contribution in [0.2, 0.25) is 0 Å². The van der Waals surface area contributed by atoms with Gasteiger partial charge in [0.15, 0.2) is 5.11 Å². The molecule has 0 radical (unpaired) electrons. The van der Waals surface area contributed by atoms with Crippen molar-refractivity contribution in [3.8, 4) is 5.75 Å². The molecule has 1 aromatic rings. The summed E-state index contributed by atoms with van der Waals surface area (Å²) >= 11 is 4.97. The molecule has 1 aromatic carbocycles. The third kappa shape index (κ3) is 4.65. The number of nitrogens with one attached hydrogen (secondary N) is 2. The minimum Gasteiger partial charge on any atom is -0.487 e. The van der Waals surface area contributed by atoms with Crippen LogP contribution in [0.25, 0.3) is 0 Å². The number of ether oxygens (including phenoxy) is 1. The van der Waals surface area contributed by atoms with Gasteiger partial charge in [0.2, 0.25) is 5.91 Å². The van der Waals surface area contributed by atoms with Crippen LogP contribution in [-0.2, 0) is 4.79 Å². The predicted octanol–water partition coefficient (Wildman–Crippen LogP) is 2.08. The molecule has 0 aromatic heterocycles. The van der Waals surface area contributed by atoms with Crippen molar-refractivity contribution in [3.63, 3.8) is 0 Å². The van der Waals surface area contributed by atoms with Crippen molar-refractivity contribution in [2.75, 3.05) is 11.9 Å². The van der Waals surface area contributed by atoms with E-state index in [1.54, 1.807) is 6.08 Å². The third-order valence-corrected chi connectivity index (χ3v) is 1.99. The first-order valence-corrected chi connectivity index (χ1v) is 5.45. The summed E-state index contributed by atoms with van der Waals surface area (Å²) in [5.41, 5.74) is 0.702. The van der Waals surface area contributed by atoms with E-state index in [1.807, 2.05) is 24.3 Å². The molecular formula is C12H14N2O2S. The normalized spacial score (nSPS) is 9.24. The van der Waals surface area contributed by atoms with Crippen molar-refractivity contribution in [3.05, 3.63) is 36.9 Å². The summed E-state index contributed by atoms with van der Waals surface area (Å²) in [7, 11) is 0. The molecular weight excluding hydrogens is 236 g/mol. The van der Waals surface area contributed by atoms with E-state index in [9.17, 15) is 4.79 Å². The van der Waals surface area contributed by atoms with Gasteiger partial charge in [-0.2, -0.15) is 0 Å². The lowest BCUT2D eigenvalue weighted by atomic mass is 10.3. The van der Waals surface area contributed by atoms with Crippen LogP contribution >= 0.6 is 12.2 Å². The molecule has 0 atom stereocenters. The van der Waals surface area contributed by atoms with Crippen molar-refractivity contribution in [1.29, 1.82) is 0 Å². The Hall–Kier alpha value is -1.88. The number of hydrogen-bond donors (Lipinski definition) is 2. The summed E-state index contributed by atoms with van der Waals surface area (Å²) in [4.78, 5) is 10.8. The number of rotatable bonds is 4. The van der Waals surface area contributed by atoms with E-state index in [2.05, 4.69) is 17.2 Å². The number of para-hydroxylation sites is 2. The standard InChI is InChI=1S/C12H14N2O2S/c1-3-8-16-11-7-5-4-6-10(11)14-12(17)13-9(2)15/h3-7H,1,8H2,2H3,(H2,13,14,15,17). The van der Waals surface area contributed by atoms with E-state index in [0.29, 0.717) is 18.0 Å². The quantitative estimate of drug-likeness (QED) is 0.634. The average Bonchev–Trinajstić information content (AvgIpc) is 2.26. The molecule has 17 heavy (non-hydrogen) atoms. The molecule has 2 N–H and O–H groups in total. The summed E-state index contributed by atoms with van der Waals surface area (Å²) in [6.45, 7) is 5.38. The molecule has 0 saturated heterocycles. The SMILES string of the molecule is C=CCOc1ccccc1NC(=S)NC(C)=O. The lowest BCUT2D eigenvalue weighted by molar-refractivity contribution is -0.117. The minimum absolute atomic E-state index is 0.216. The second-order valence-corrected chi connectivity index (χ2v) is 3.64. The summed E-state index contributed by atoms with van der Waals surface area (Å²) in [6.07, 6.45) is 1.66. The number of carbonyl (C=O) groups is 1. The third-order valence-electron chi connectivity index (χ3n) is 1.78. The van der Waals surface area contributed by atoms with Crippen LogP contribution in [0.15, 0.2) is 36.9 Å². The second-order valence-electron chi connectivity index (χ2n) is 3.23. The van der Waals surface area contributed by atoms with Crippen molar-refractivity contribution in [1.82, 2.24) is 5.32 Å². The first-order chi connectivity index (χ1) is 8.13. The topological polar surface area (TPSA) is 50.4 Å². The number of hydrogen-bond acceptors (Lipinski definition) is 3. The minimum atomic E-state index is -0.216. The van der Waals surface area contributed by atoms with Crippen LogP contribution in [0.3, 0.4) is 0 Å². The van der Waals surface area contributed by atoms with Crippen molar-refractivity contribution in [2.45, 2.75) is 6.92 Å². The Morgan fingerprint density at radius 3 is 2.88 bits per heavy atom. The molecule has 0 spiro atoms. The highest BCUT2D eigenvalue weighted by Gasteiger charge is 2.05. The Kier molecular flexibility index (Phi) is 5.16. The van der Waals surface area contributed by atoms with Gasteiger partial charge < -0.3 is 15.4 Å². The van der Waals surface area contributed by atoms with Crippen LogP contribution < -0.4 is 15.4 Å². The number of carbonyl (C=O) groups excluding carboxylic acids is 1. The molecule has 0 aliphatic heterocycles. The van der Waals surface area contributed by atoms with E-state index in [1.165, 1.54) is 6.92 Å².